The van der Waals surface area contributed by atoms with Crippen molar-refractivity contribution >= 4 is 11.8 Å². The van der Waals surface area contributed by atoms with Crippen molar-refractivity contribution in [2.24, 2.45) is 0 Å². The third-order valence-corrected chi connectivity index (χ3v) is 1.47. The predicted octanol–water partition coefficient (Wildman–Crippen LogP) is 1.55. The van der Waals surface area contributed by atoms with Crippen LogP contribution in [0.2, 0.25) is 0 Å². The van der Waals surface area contributed by atoms with E-state index in [-0.39, 0.29) is 6.10 Å². The van der Waals surface area contributed by atoms with E-state index in [2.05, 4.69) is 4.74 Å². The van der Waals surface area contributed by atoms with Crippen LogP contribution < -0.4 is 0 Å². The highest BCUT2D eigenvalue weighted by Crippen LogP contribution is 2.03. The monoisotopic (exact) mass is 194 g/mol. The number of halogens is 2. The largest absolute Gasteiger partial charge is 0.462 e. The Morgan fingerprint density at radius 3 is 2.31 bits per heavy atom. The molecule has 0 radical (unpaired) electrons. The highest BCUT2D eigenvalue weighted by molar-refractivity contribution is 5.97. The molecule has 0 bridgehead atoms. The zero-order valence-corrected chi connectivity index (χ0v) is 7.55. The first-order chi connectivity index (χ1) is 5.97. The molecule has 0 aromatic rings. The van der Waals surface area contributed by atoms with Crippen LogP contribution in [0.4, 0.5) is 8.78 Å². The molecule has 0 saturated carbocycles. The van der Waals surface area contributed by atoms with Crippen LogP contribution in [-0.4, -0.2) is 24.3 Å². The third kappa shape index (κ3) is 5.27. The van der Waals surface area contributed by atoms with Gasteiger partial charge in [-0.2, -0.15) is 0 Å². The summed E-state index contributed by atoms with van der Waals surface area (Å²) in [5, 5.41) is 0. The van der Waals surface area contributed by atoms with Gasteiger partial charge in [0.25, 0.3) is 6.43 Å². The van der Waals surface area contributed by atoms with Crippen molar-refractivity contribution in [2.75, 3.05) is 0 Å². The lowest BCUT2D eigenvalue weighted by molar-refractivity contribution is -0.152. The molecular weight excluding hydrogens is 182 g/mol. The Bertz CT molecular complexity index is 192. The lowest BCUT2D eigenvalue weighted by atomic mass is 10.3. The lowest BCUT2D eigenvalue weighted by Crippen LogP contribution is -2.20. The summed E-state index contributed by atoms with van der Waals surface area (Å²) in [4.78, 5) is 21.1. The van der Waals surface area contributed by atoms with Crippen molar-refractivity contribution in [3.63, 3.8) is 0 Å². The molecule has 76 valence electrons. The molecule has 0 saturated heterocycles. The molecule has 0 aromatic heterocycles. The number of esters is 1. The molecule has 0 aliphatic rings. The maximum absolute atomic E-state index is 11.7. The molecular formula is C8H12F2O3. The number of carbonyl (C=O) groups excluding carboxylic acids is 2. The van der Waals surface area contributed by atoms with E-state index in [1.165, 1.54) is 0 Å². The van der Waals surface area contributed by atoms with E-state index in [0.29, 0.717) is 6.42 Å². The van der Waals surface area contributed by atoms with Crippen LogP contribution in [0.15, 0.2) is 0 Å². The van der Waals surface area contributed by atoms with E-state index in [9.17, 15) is 18.4 Å². The van der Waals surface area contributed by atoms with Gasteiger partial charge in [-0.05, 0) is 13.3 Å². The molecule has 5 heteroatoms. The Balaban J connectivity index is 3.81. The van der Waals surface area contributed by atoms with Crippen LogP contribution in [0, 0.1) is 0 Å². The highest BCUT2D eigenvalue weighted by Gasteiger charge is 2.20. The fourth-order valence-electron chi connectivity index (χ4n) is 0.569. The Morgan fingerprint density at radius 1 is 1.38 bits per heavy atom. The minimum Gasteiger partial charge on any atom is -0.462 e. The minimum absolute atomic E-state index is 0.335. The number of Topliss-reactive ketones (excluding diaryl/α,β-unsaturated/α-hetero) is 1. The van der Waals surface area contributed by atoms with Gasteiger partial charge in [-0.3, -0.25) is 9.59 Å². The fraction of sp³-hybridized carbons (Fsp3) is 0.750. The van der Waals surface area contributed by atoms with E-state index in [0.717, 1.165) is 0 Å². The van der Waals surface area contributed by atoms with Crippen molar-refractivity contribution in [3.05, 3.63) is 0 Å². The summed E-state index contributed by atoms with van der Waals surface area (Å²) in [7, 11) is 0. The number of carbonyl (C=O) groups is 2. The first kappa shape index (κ1) is 12.0. The number of hydrogen-bond donors (Lipinski definition) is 0. The van der Waals surface area contributed by atoms with Crippen LogP contribution in [0.25, 0.3) is 0 Å². The topological polar surface area (TPSA) is 43.4 Å². The smallest absolute Gasteiger partial charge is 0.313 e. The lowest BCUT2D eigenvalue weighted by Gasteiger charge is -2.09. The van der Waals surface area contributed by atoms with Gasteiger partial charge in [0.05, 0.1) is 6.10 Å². The van der Waals surface area contributed by atoms with Gasteiger partial charge in [-0.15, -0.1) is 0 Å². The van der Waals surface area contributed by atoms with Crippen molar-refractivity contribution in [1.82, 2.24) is 0 Å². The second kappa shape index (κ2) is 5.61. The maximum Gasteiger partial charge on any atom is 0.313 e. The summed E-state index contributed by atoms with van der Waals surface area (Å²) in [6.45, 7) is 3.41. The summed E-state index contributed by atoms with van der Waals surface area (Å²) >= 11 is 0. The number of alkyl halides is 2. The van der Waals surface area contributed by atoms with Crippen LogP contribution in [0.5, 0.6) is 0 Å². The number of hydrogen-bond acceptors (Lipinski definition) is 3. The van der Waals surface area contributed by atoms with Gasteiger partial charge in [-0.1, -0.05) is 6.92 Å². The van der Waals surface area contributed by atoms with Gasteiger partial charge < -0.3 is 4.74 Å². The number of rotatable bonds is 5. The molecule has 0 heterocycles. The Hall–Kier alpha value is -1.00. The number of ketones is 1. The van der Waals surface area contributed by atoms with Crippen LogP contribution in [-0.2, 0) is 14.3 Å². The highest BCUT2D eigenvalue weighted by atomic mass is 19.3. The SMILES string of the molecule is CCC(C)OC(=O)CC(=O)C(F)F. The predicted molar refractivity (Wildman–Crippen MR) is 41.5 cm³/mol. The number of ether oxygens (including phenoxy) is 1. The average molecular weight is 194 g/mol. The summed E-state index contributed by atoms with van der Waals surface area (Å²) in [6.07, 6.45) is -3.68. The summed E-state index contributed by atoms with van der Waals surface area (Å²) in [5.41, 5.74) is 0. The molecule has 0 aliphatic heterocycles. The second-order valence-corrected chi connectivity index (χ2v) is 2.65. The van der Waals surface area contributed by atoms with E-state index in [1.807, 2.05) is 0 Å². The van der Waals surface area contributed by atoms with Gasteiger partial charge >= 0.3 is 5.97 Å². The molecule has 0 spiro atoms. The molecule has 1 atom stereocenters. The third-order valence-electron chi connectivity index (χ3n) is 1.47. The second-order valence-electron chi connectivity index (χ2n) is 2.65. The van der Waals surface area contributed by atoms with E-state index in [1.54, 1.807) is 13.8 Å². The van der Waals surface area contributed by atoms with Crippen molar-refractivity contribution in [1.29, 1.82) is 0 Å². The average Bonchev–Trinajstić information content (AvgIpc) is 2.03. The van der Waals surface area contributed by atoms with E-state index >= 15 is 0 Å². The zero-order valence-electron chi connectivity index (χ0n) is 7.55. The standard InChI is InChI=1S/C8H12F2O3/c1-3-5(2)13-7(12)4-6(11)8(9)10/h5,8H,3-4H2,1-2H3. The van der Waals surface area contributed by atoms with E-state index < -0.39 is 24.6 Å². The Kier molecular flexibility index (Phi) is 5.18. The molecule has 0 rings (SSSR count). The molecule has 13 heavy (non-hydrogen) atoms. The van der Waals surface area contributed by atoms with Gasteiger partial charge in [0.1, 0.15) is 6.42 Å². The van der Waals surface area contributed by atoms with Crippen LogP contribution in [0.3, 0.4) is 0 Å². The van der Waals surface area contributed by atoms with Crippen molar-refractivity contribution in [2.45, 2.75) is 39.2 Å². The fourth-order valence-corrected chi connectivity index (χ4v) is 0.569. The minimum atomic E-state index is -3.09. The van der Waals surface area contributed by atoms with Gasteiger partial charge in [0.15, 0.2) is 0 Å². The molecule has 0 aliphatic carbocycles. The first-order valence-corrected chi connectivity index (χ1v) is 3.97. The summed E-state index contributed by atoms with van der Waals surface area (Å²) in [5.74, 6) is -2.28. The quantitative estimate of drug-likeness (QED) is 0.492. The summed E-state index contributed by atoms with van der Waals surface area (Å²) < 4.78 is 27.9. The maximum atomic E-state index is 11.7. The Labute approximate surface area is 75.1 Å². The zero-order chi connectivity index (χ0) is 10.4. The van der Waals surface area contributed by atoms with Crippen molar-refractivity contribution in [3.8, 4) is 0 Å². The molecule has 3 nitrogen and oxygen atoms in total. The van der Waals surface area contributed by atoms with Gasteiger partial charge in [-0.25, -0.2) is 8.78 Å². The normalized spacial score (nSPS) is 12.7. The Morgan fingerprint density at radius 2 is 1.92 bits per heavy atom. The van der Waals surface area contributed by atoms with Crippen LogP contribution in [0.1, 0.15) is 26.7 Å². The molecule has 0 N–H and O–H groups in total. The molecule has 0 aromatic carbocycles. The summed E-state index contributed by atoms with van der Waals surface area (Å²) in [6, 6.07) is 0. The van der Waals surface area contributed by atoms with Gasteiger partial charge in [0, 0.05) is 0 Å². The molecule has 0 amide bonds. The van der Waals surface area contributed by atoms with Gasteiger partial charge in [0.2, 0.25) is 5.78 Å². The van der Waals surface area contributed by atoms with Crippen LogP contribution >= 0.6 is 0 Å². The first-order valence-electron chi connectivity index (χ1n) is 3.97. The molecule has 0 fully saturated rings. The van der Waals surface area contributed by atoms with Crippen molar-refractivity contribution < 1.29 is 23.1 Å². The van der Waals surface area contributed by atoms with E-state index in [4.69, 9.17) is 0 Å². The molecule has 1 unspecified atom stereocenters.